The second kappa shape index (κ2) is 10.7. The third-order valence-electron chi connectivity index (χ3n) is 2.19. The minimum Gasteiger partial charge on any atom is -0.372 e. The molecule has 0 aliphatic carbocycles. The van der Waals surface area contributed by atoms with Gasteiger partial charge in [0.2, 0.25) is 0 Å². The molecule has 1 unspecified atom stereocenters. The summed E-state index contributed by atoms with van der Waals surface area (Å²) in [4.78, 5) is 2.54. The molecule has 0 aromatic rings. The molecule has 0 aromatic carbocycles. The Morgan fingerprint density at radius 1 is 1.07 bits per heavy atom. The van der Waals surface area contributed by atoms with Gasteiger partial charge < -0.3 is 9.64 Å². The molecule has 1 fully saturated rings. The summed E-state index contributed by atoms with van der Waals surface area (Å²) >= 11 is 5.27. The van der Waals surface area contributed by atoms with Crippen molar-refractivity contribution in [3.63, 3.8) is 0 Å². The van der Waals surface area contributed by atoms with E-state index in [1.165, 1.54) is 38.9 Å². The summed E-state index contributed by atoms with van der Waals surface area (Å²) in [6.07, 6.45) is 4.27. The van der Waals surface area contributed by atoms with E-state index in [4.69, 9.17) is 16.3 Å². The molecular weight excluding hydrogens is 210 g/mol. The molecule has 2 nitrogen and oxygen atoms in total. The van der Waals surface area contributed by atoms with E-state index in [0.717, 1.165) is 6.61 Å². The number of alkyl halides is 1. The Kier molecular flexibility index (Phi) is 10.9. The van der Waals surface area contributed by atoms with Crippen molar-refractivity contribution in [1.82, 2.24) is 4.90 Å². The van der Waals surface area contributed by atoms with Crippen molar-refractivity contribution >= 4 is 11.6 Å². The molecule has 1 rings (SSSR count). The van der Waals surface area contributed by atoms with Gasteiger partial charge >= 0.3 is 0 Å². The van der Waals surface area contributed by atoms with Crippen LogP contribution in [-0.4, -0.2) is 43.1 Å². The van der Waals surface area contributed by atoms with E-state index in [2.05, 4.69) is 25.7 Å². The Balaban J connectivity index is 0.000000322. The van der Waals surface area contributed by atoms with Crippen LogP contribution in [-0.2, 0) is 4.74 Å². The third-order valence-corrected chi connectivity index (χ3v) is 2.54. The average Bonchev–Trinajstić information content (AvgIpc) is 3.03. The number of hydrogen-bond acceptors (Lipinski definition) is 2. The number of epoxide rings is 1. The zero-order valence-electron chi connectivity index (χ0n) is 10.5. The minimum atomic E-state index is 0.400. The van der Waals surface area contributed by atoms with Crippen LogP contribution >= 0.6 is 11.6 Å². The van der Waals surface area contributed by atoms with E-state index in [9.17, 15) is 0 Å². The van der Waals surface area contributed by atoms with Crippen LogP contribution in [0.25, 0.3) is 0 Å². The first-order valence-corrected chi connectivity index (χ1v) is 6.71. The second-order valence-corrected chi connectivity index (χ2v) is 4.26. The molecule has 1 saturated heterocycles. The lowest BCUT2D eigenvalue weighted by atomic mass is 10.3. The average molecular weight is 236 g/mol. The van der Waals surface area contributed by atoms with E-state index in [-0.39, 0.29) is 0 Å². The molecule has 1 aliphatic heterocycles. The highest BCUT2D eigenvalue weighted by atomic mass is 35.5. The molecule has 0 N–H and O–H groups in total. The minimum absolute atomic E-state index is 0.400. The van der Waals surface area contributed by atoms with E-state index < -0.39 is 0 Å². The molecule has 0 radical (unpaired) electrons. The third kappa shape index (κ3) is 10.5. The van der Waals surface area contributed by atoms with E-state index in [1.807, 2.05) is 0 Å². The van der Waals surface area contributed by atoms with Gasteiger partial charge in [0.05, 0.1) is 18.6 Å². The predicted molar refractivity (Wildman–Crippen MR) is 67.8 cm³/mol. The van der Waals surface area contributed by atoms with Crippen molar-refractivity contribution in [2.24, 2.45) is 0 Å². The normalized spacial score (nSPS) is 18.6. The number of ether oxygens (including phenoxy) is 1. The quantitative estimate of drug-likeness (QED) is 0.498. The lowest BCUT2D eigenvalue weighted by Crippen LogP contribution is -2.25. The summed E-state index contributed by atoms with van der Waals surface area (Å²) in [5, 5.41) is 0. The van der Waals surface area contributed by atoms with E-state index in [1.54, 1.807) is 0 Å². The number of rotatable bonds is 7. The first-order valence-electron chi connectivity index (χ1n) is 6.18. The maximum Gasteiger partial charge on any atom is 0.0944 e. The molecule has 0 saturated carbocycles. The van der Waals surface area contributed by atoms with Crippen molar-refractivity contribution in [2.75, 3.05) is 32.1 Å². The van der Waals surface area contributed by atoms with Gasteiger partial charge in [-0.05, 0) is 38.9 Å². The van der Waals surface area contributed by atoms with Gasteiger partial charge in [-0.15, -0.1) is 11.6 Å². The van der Waals surface area contributed by atoms with Gasteiger partial charge in [-0.2, -0.15) is 0 Å². The van der Waals surface area contributed by atoms with Gasteiger partial charge in [-0.25, -0.2) is 0 Å². The van der Waals surface area contributed by atoms with Crippen LogP contribution in [0.1, 0.15) is 40.0 Å². The molecule has 1 aliphatic rings. The molecule has 15 heavy (non-hydrogen) atoms. The Hall–Kier alpha value is 0.210. The van der Waals surface area contributed by atoms with Crippen LogP contribution in [0.5, 0.6) is 0 Å². The first-order chi connectivity index (χ1) is 7.28. The standard InChI is InChI=1S/C9H21N.C3H5ClO/c1-4-7-10(8-5-2)9-6-3;4-1-3-2-5-3/h4-9H2,1-3H3;3H,1-2H2. The summed E-state index contributed by atoms with van der Waals surface area (Å²) in [7, 11) is 0. The summed E-state index contributed by atoms with van der Waals surface area (Å²) in [5.74, 6) is 0.667. The van der Waals surface area contributed by atoms with Crippen LogP contribution in [0.3, 0.4) is 0 Å². The first kappa shape index (κ1) is 15.2. The summed E-state index contributed by atoms with van der Waals surface area (Å²) in [6, 6.07) is 0. The molecule has 1 atom stereocenters. The van der Waals surface area contributed by atoms with Crippen LogP contribution in [0.4, 0.5) is 0 Å². The fourth-order valence-corrected chi connectivity index (χ4v) is 1.62. The van der Waals surface area contributed by atoms with Gasteiger partial charge in [0.25, 0.3) is 0 Å². The number of nitrogens with zero attached hydrogens (tertiary/aromatic N) is 1. The maximum atomic E-state index is 5.27. The van der Waals surface area contributed by atoms with E-state index in [0.29, 0.717) is 12.0 Å². The van der Waals surface area contributed by atoms with Gasteiger partial charge in [-0.3, -0.25) is 0 Å². The highest BCUT2D eigenvalue weighted by Gasteiger charge is 2.19. The van der Waals surface area contributed by atoms with Crippen LogP contribution in [0, 0.1) is 0 Å². The van der Waals surface area contributed by atoms with E-state index >= 15 is 0 Å². The molecule has 0 spiro atoms. The van der Waals surface area contributed by atoms with Crippen molar-refractivity contribution < 1.29 is 4.74 Å². The predicted octanol–water partition coefficient (Wildman–Crippen LogP) is 3.14. The van der Waals surface area contributed by atoms with Crippen molar-refractivity contribution in [3.05, 3.63) is 0 Å². The zero-order valence-corrected chi connectivity index (χ0v) is 11.2. The molecule has 0 bridgehead atoms. The Bertz CT molecular complexity index is 115. The summed E-state index contributed by atoms with van der Waals surface area (Å²) in [5.41, 5.74) is 0. The number of halogens is 1. The molecule has 0 aromatic heterocycles. The Morgan fingerprint density at radius 3 is 1.60 bits per heavy atom. The summed E-state index contributed by atoms with van der Waals surface area (Å²) in [6.45, 7) is 11.5. The van der Waals surface area contributed by atoms with Crippen LogP contribution < -0.4 is 0 Å². The zero-order chi connectivity index (χ0) is 11.5. The van der Waals surface area contributed by atoms with Gasteiger partial charge in [0.15, 0.2) is 0 Å². The van der Waals surface area contributed by atoms with Gasteiger partial charge in [0.1, 0.15) is 0 Å². The lowest BCUT2D eigenvalue weighted by molar-refractivity contribution is 0.275. The monoisotopic (exact) mass is 235 g/mol. The smallest absolute Gasteiger partial charge is 0.0944 e. The highest BCUT2D eigenvalue weighted by Crippen LogP contribution is 2.08. The van der Waals surface area contributed by atoms with Gasteiger partial charge in [-0.1, -0.05) is 20.8 Å². The molecular formula is C12H26ClNO. The van der Waals surface area contributed by atoms with Crippen LogP contribution in [0.15, 0.2) is 0 Å². The largest absolute Gasteiger partial charge is 0.372 e. The molecule has 0 amide bonds. The van der Waals surface area contributed by atoms with Crippen molar-refractivity contribution in [1.29, 1.82) is 0 Å². The Morgan fingerprint density at radius 2 is 1.47 bits per heavy atom. The van der Waals surface area contributed by atoms with Crippen LogP contribution in [0.2, 0.25) is 0 Å². The van der Waals surface area contributed by atoms with Crippen molar-refractivity contribution in [2.45, 2.75) is 46.1 Å². The lowest BCUT2D eigenvalue weighted by Gasteiger charge is -2.19. The Labute approximate surface area is 99.9 Å². The topological polar surface area (TPSA) is 15.8 Å². The van der Waals surface area contributed by atoms with Gasteiger partial charge in [0, 0.05) is 0 Å². The fraction of sp³-hybridized carbons (Fsp3) is 1.00. The molecule has 3 heteroatoms. The SMILES string of the molecule is CCCN(CCC)CCC.ClCC1CO1. The maximum absolute atomic E-state index is 5.27. The number of hydrogen-bond donors (Lipinski definition) is 0. The second-order valence-electron chi connectivity index (χ2n) is 3.95. The fourth-order valence-electron chi connectivity index (χ4n) is 1.44. The molecule has 92 valence electrons. The summed E-state index contributed by atoms with van der Waals surface area (Å²) < 4.78 is 4.73. The van der Waals surface area contributed by atoms with Crippen molar-refractivity contribution in [3.8, 4) is 0 Å². The highest BCUT2D eigenvalue weighted by molar-refractivity contribution is 6.18. The molecule has 1 heterocycles.